The molecule has 0 aliphatic heterocycles. The molecule has 0 unspecified atom stereocenters. The highest BCUT2D eigenvalue weighted by Crippen LogP contribution is 2.27. The van der Waals surface area contributed by atoms with Crippen LogP contribution in [0.25, 0.3) is 5.69 Å². The fourth-order valence-corrected chi connectivity index (χ4v) is 3.57. The van der Waals surface area contributed by atoms with Gasteiger partial charge < -0.3 is 20.5 Å². The van der Waals surface area contributed by atoms with Gasteiger partial charge in [0.2, 0.25) is 0 Å². The summed E-state index contributed by atoms with van der Waals surface area (Å²) < 4.78 is 7.51. The van der Waals surface area contributed by atoms with E-state index in [4.69, 9.17) is 14.9 Å². The highest BCUT2D eigenvalue weighted by Gasteiger charge is 2.21. The predicted octanol–water partition coefficient (Wildman–Crippen LogP) is 5.08. The molecule has 0 saturated heterocycles. The van der Waals surface area contributed by atoms with Gasteiger partial charge in [-0.3, -0.25) is 10.3 Å². The molecular formula is C28H32N6O3. The molecule has 0 radical (unpaired) electrons. The van der Waals surface area contributed by atoms with Gasteiger partial charge in [0.25, 0.3) is 0 Å². The average molecular weight is 501 g/mol. The number of hydrogen-bond acceptors (Lipinski definition) is 6. The quantitative estimate of drug-likeness (QED) is 0.238. The second-order valence-corrected chi connectivity index (χ2v) is 9.54. The van der Waals surface area contributed by atoms with Gasteiger partial charge in [-0.05, 0) is 54.1 Å². The van der Waals surface area contributed by atoms with Gasteiger partial charge in [-0.1, -0.05) is 32.9 Å². The number of anilines is 2. The van der Waals surface area contributed by atoms with E-state index in [0.717, 1.165) is 16.9 Å². The molecule has 0 fully saturated rings. The molecule has 0 spiro atoms. The topological polar surface area (TPSA) is 113 Å². The number of aromatic nitrogens is 3. The number of carbonyl (C=O) groups is 1. The van der Waals surface area contributed by atoms with Crippen LogP contribution in [-0.2, 0) is 12.0 Å². The Balaban J connectivity index is 1.49. The van der Waals surface area contributed by atoms with E-state index in [0.29, 0.717) is 36.1 Å². The Morgan fingerprint density at radius 2 is 1.70 bits per heavy atom. The number of aliphatic hydroxyl groups is 1. The second kappa shape index (κ2) is 11.7. The van der Waals surface area contributed by atoms with Crippen LogP contribution < -0.4 is 20.7 Å². The van der Waals surface area contributed by atoms with Crippen LogP contribution in [-0.4, -0.2) is 39.1 Å². The van der Waals surface area contributed by atoms with Crippen LogP contribution in [0.5, 0.6) is 11.5 Å². The Hall–Kier alpha value is -4.21. The summed E-state index contributed by atoms with van der Waals surface area (Å²) in [5.74, 6) is 1.89. The number of hydrogen-bond donors (Lipinski definition) is 4. The van der Waals surface area contributed by atoms with Gasteiger partial charge in [-0.25, -0.2) is 9.48 Å². The van der Waals surface area contributed by atoms with Crippen molar-refractivity contribution in [2.24, 2.45) is 0 Å². The van der Waals surface area contributed by atoms with Crippen molar-refractivity contribution < 1.29 is 14.6 Å². The highest BCUT2D eigenvalue weighted by atomic mass is 16.5. The summed E-state index contributed by atoms with van der Waals surface area (Å²) in [6.45, 7) is 7.45. The van der Waals surface area contributed by atoms with E-state index < -0.39 is 0 Å². The molecule has 37 heavy (non-hydrogen) atoms. The monoisotopic (exact) mass is 500 g/mol. The zero-order chi connectivity index (χ0) is 26.3. The number of pyridine rings is 1. The van der Waals surface area contributed by atoms with Crippen molar-refractivity contribution in [3.63, 3.8) is 0 Å². The van der Waals surface area contributed by atoms with Crippen molar-refractivity contribution in [2.75, 3.05) is 23.8 Å². The first-order valence-electron chi connectivity index (χ1n) is 12.1. The molecule has 0 bridgehead atoms. The summed E-state index contributed by atoms with van der Waals surface area (Å²) in [4.78, 5) is 16.9. The number of urea groups is 1. The van der Waals surface area contributed by atoms with Crippen molar-refractivity contribution in [3.05, 3.63) is 90.4 Å². The summed E-state index contributed by atoms with van der Waals surface area (Å²) in [6, 6.07) is 20.1. The van der Waals surface area contributed by atoms with Gasteiger partial charge in [0.15, 0.2) is 0 Å². The molecule has 0 aliphatic carbocycles. The van der Waals surface area contributed by atoms with E-state index >= 15 is 0 Å². The molecule has 4 rings (SSSR count). The van der Waals surface area contributed by atoms with Crippen LogP contribution in [0, 0.1) is 0 Å². The number of amides is 2. The lowest BCUT2D eigenvalue weighted by molar-refractivity contribution is 0.262. The zero-order valence-corrected chi connectivity index (χ0v) is 21.2. The van der Waals surface area contributed by atoms with Crippen LogP contribution in [0.2, 0.25) is 0 Å². The minimum atomic E-state index is -0.384. The van der Waals surface area contributed by atoms with Crippen molar-refractivity contribution in [1.82, 2.24) is 20.1 Å². The number of benzene rings is 2. The summed E-state index contributed by atoms with van der Waals surface area (Å²) in [7, 11) is 0. The number of ether oxygens (including phenoxy) is 1. The summed E-state index contributed by atoms with van der Waals surface area (Å²) in [6.07, 6.45) is 3.33. The summed E-state index contributed by atoms with van der Waals surface area (Å²) in [5.41, 5.74) is 3.14. The third-order valence-corrected chi connectivity index (χ3v) is 5.49. The van der Waals surface area contributed by atoms with E-state index in [1.54, 1.807) is 53.5 Å². The van der Waals surface area contributed by atoms with Gasteiger partial charge in [0.05, 0.1) is 18.0 Å². The number of rotatable bonds is 9. The van der Waals surface area contributed by atoms with Crippen LogP contribution in [0.4, 0.5) is 16.3 Å². The van der Waals surface area contributed by atoms with Crippen LogP contribution >= 0.6 is 0 Å². The van der Waals surface area contributed by atoms with E-state index in [-0.39, 0.29) is 18.1 Å². The predicted molar refractivity (Wildman–Crippen MR) is 144 cm³/mol. The molecule has 0 saturated carbocycles. The van der Waals surface area contributed by atoms with E-state index in [2.05, 4.69) is 41.7 Å². The van der Waals surface area contributed by atoms with Crippen LogP contribution in [0.15, 0.2) is 79.1 Å². The summed E-state index contributed by atoms with van der Waals surface area (Å²) in [5, 5.41) is 22.8. The molecule has 0 atom stereocenters. The van der Waals surface area contributed by atoms with Gasteiger partial charge in [-0.15, -0.1) is 0 Å². The maximum atomic E-state index is 12.9. The average Bonchev–Trinajstić information content (AvgIpc) is 3.30. The molecule has 2 heterocycles. The SMILES string of the molecule is CC(C)(C)c1cc(NC(=O)Nc2ccc(Oc3ccncc3)cc2)n(-c2cccc(CNCCO)c2)n1. The first kappa shape index (κ1) is 25.9. The first-order chi connectivity index (χ1) is 17.8. The van der Waals surface area contributed by atoms with Gasteiger partial charge in [0, 0.05) is 42.7 Å². The molecular weight excluding hydrogens is 468 g/mol. The molecule has 9 heteroatoms. The van der Waals surface area contributed by atoms with Gasteiger partial charge in [0.1, 0.15) is 17.3 Å². The largest absolute Gasteiger partial charge is 0.457 e. The maximum Gasteiger partial charge on any atom is 0.324 e. The Morgan fingerprint density at radius 3 is 2.41 bits per heavy atom. The molecule has 0 aliphatic rings. The number of nitrogens with zero attached hydrogens (tertiary/aromatic N) is 3. The maximum absolute atomic E-state index is 12.9. The minimum Gasteiger partial charge on any atom is -0.457 e. The lowest BCUT2D eigenvalue weighted by Crippen LogP contribution is -2.21. The molecule has 4 aromatic rings. The van der Waals surface area contributed by atoms with Crippen LogP contribution in [0.1, 0.15) is 32.0 Å². The van der Waals surface area contributed by atoms with Crippen molar-refractivity contribution >= 4 is 17.5 Å². The molecule has 2 aromatic heterocycles. The first-order valence-corrected chi connectivity index (χ1v) is 12.1. The van der Waals surface area contributed by atoms with Crippen molar-refractivity contribution in [2.45, 2.75) is 32.7 Å². The minimum absolute atomic E-state index is 0.0808. The van der Waals surface area contributed by atoms with E-state index in [1.165, 1.54) is 0 Å². The van der Waals surface area contributed by atoms with Crippen molar-refractivity contribution in [1.29, 1.82) is 0 Å². The molecule has 9 nitrogen and oxygen atoms in total. The summed E-state index contributed by atoms with van der Waals surface area (Å²) >= 11 is 0. The second-order valence-electron chi connectivity index (χ2n) is 9.54. The van der Waals surface area contributed by atoms with Crippen LogP contribution in [0.3, 0.4) is 0 Å². The Bertz CT molecular complexity index is 1310. The third-order valence-electron chi connectivity index (χ3n) is 5.49. The number of nitrogens with one attached hydrogen (secondary N) is 3. The zero-order valence-electron chi connectivity index (χ0n) is 21.2. The van der Waals surface area contributed by atoms with Gasteiger partial charge >= 0.3 is 6.03 Å². The highest BCUT2D eigenvalue weighted by molar-refractivity contribution is 5.99. The molecule has 192 valence electrons. The normalized spacial score (nSPS) is 11.2. The molecule has 2 amide bonds. The van der Waals surface area contributed by atoms with Crippen molar-refractivity contribution in [3.8, 4) is 17.2 Å². The van der Waals surface area contributed by atoms with E-state index in [9.17, 15) is 4.79 Å². The molecule has 4 N–H and O–H groups in total. The molecule has 2 aromatic carbocycles. The Labute approximate surface area is 216 Å². The lowest BCUT2D eigenvalue weighted by atomic mass is 9.92. The standard InChI is InChI=1S/C28H32N6O3/c1-28(2,3)25-18-26(34(33-25)22-6-4-5-20(17-22)19-30-15-16-35)32-27(36)31-21-7-9-23(10-8-21)37-24-11-13-29-14-12-24/h4-14,17-18,30,35H,15-16,19H2,1-3H3,(H2,31,32,36). The third kappa shape index (κ3) is 7.16. The fourth-order valence-electron chi connectivity index (χ4n) is 3.57. The lowest BCUT2D eigenvalue weighted by Gasteiger charge is -2.14. The number of carbonyl (C=O) groups excluding carboxylic acids is 1. The Morgan fingerprint density at radius 1 is 0.973 bits per heavy atom. The fraction of sp³-hybridized carbons (Fsp3) is 0.250. The van der Waals surface area contributed by atoms with Gasteiger partial charge in [-0.2, -0.15) is 5.10 Å². The number of aliphatic hydroxyl groups excluding tert-OH is 1. The van der Waals surface area contributed by atoms with E-state index in [1.807, 2.05) is 30.3 Å². The smallest absolute Gasteiger partial charge is 0.324 e. The Kier molecular flexibility index (Phi) is 8.17.